The zero-order valence-electron chi connectivity index (χ0n) is 16.8. The van der Waals surface area contributed by atoms with Crippen molar-refractivity contribution in [2.24, 2.45) is 5.10 Å². The average Bonchev–Trinajstić information content (AvgIpc) is 3.41. The van der Waals surface area contributed by atoms with Crippen LogP contribution < -0.4 is 15.9 Å². The van der Waals surface area contributed by atoms with Crippen LogP contribution in [0.2, 0.25) is 5.02 Å². The van der Waals surface area contributed by atoms with Gasteiger partial charge in [0.05, 0.1) is 12.8 Å². The fourth-order valence-electron chi connectivity index (χ4n) is 2.85. The van der Waals surface area contributed by atoms with E-state index in [0.29, 0.717) is 28.6 Å². The summed E-state index contributed by atoms with van der Waals surface area (Å²) >= 11 is 5.87. The third-order valence-electron chi connectivity index (χ3n) is 4.25. The van der Waals surface area contributed by atoms with Gasteiger partial charge in [-0.15, -0.1) is 5.10 Å². The van der Waals surface area contributed by atoms with Crippen LogP contribution >= 0.6 is 11.6 Å². The van der Waals surface area contributed by atoms with E-state index >= 15 is 0 Å². The molecule has 0 aliphatic heterocycles. The van der Waals surface area contributed by atoms with Crippen molar-refractivity contribution in [3.63, 3.8) is 0 Å². The summed E-state index contributed by atoms with van der Waals surface area (Å²) in [5.74, 6) is 0.104. The van der Waals surface area contributed by atoms with Crippen molar-refractivity contribution < 1.29 is 14.2 Å². The van der Waals surface area contributed by atoms with E-state index in [1.165, 1.54) is 10.9 Å². The molecule has 12 heteroatoms. The Morgan fingerprint density at radius 1 is 1.28 bits per heavy atom. The minimum atomic E-state index is -0.590. The summed E-state index contributed by atoms with van der Waals surface area (Å²) in [6.07, 6.45) is 1.48. The normalized spacial score (nSPS) is 11.1. The summed E-state index contributed by atoms with van der Waals surface area (Å²) in [5, 5.41) is 19.9. The maximum atomic E-state index is 12.9. The van der Waals surface area contributed by atoms with Crippen molar-refractivity contribution in [1.82, 2.24) is 30.7 Å². The first-order valence-electron chi connectivity index (χ1n) is 9.43. The average molecular weight is 453 g/mol. The molecule has 2 aromatic heterocycles. The van der Waals surface area contributed by atoms with Crippen LogP contribution in [0.15, 0.2) is 58.3 Å². The number of ether oxygens (including phenoxy) is 1. The Hall–Kier alpha value is -4.25. The van der Waals surface area contributed by atoms with Crippen LogP contribution in [0.4, 0.5) is 5.82 Å². The highest BCUT2D eigenvalue weighted by atomic mass is 35.5. The van der Waals surface area contributed by atoms with Gasteiger partial charge in [-0.25, -0.2) is 10.1 Å². The third kappa shape index (κ3) is 4.42. The summed E-state index contributed by atoms with van der Waals surface area (Å²) in [6.45, 7) is 2.35. The number of nitrogen functional groups attached to an aromatic ring is 1. The molecule has 0 bridgehead atoms. The number of benzene rings is 2. The standard InChI is InChI=1S/C20H17ClN8O3/c1-2-31-15-5-3-4-13(10-15)17-16(24-28-29(17)19-18(22)26-32-27-19)20(30)25-23-11-12-6-8-14(21)9-7-12/h3-11H,2H2,1H3,(H2,22,26)(H,25,30)/b23-11+. The van der Waals surface area contributed by atoms with Gasteiger partial charge in [0, 0.05) is 10.6 Å². The molecule has 0 radical (unpaired) electrons. The molecule has 162 valence electrons. The Morgan fingerprint density at radius 3 is 2.81 bits per heavy atom. The molecule has 11 nitrogen and oxygen atoms in total. The number of nitrogens with zero attached hydrogens (tertiary/aromatic N) is 6. The number of halogens is 1. The Labute approximate surface area is 186 Å². The molecule has 3 N–H and O–H groups in total. The largest absolute Gasteiger partial charge is 0.494 e. The summed E-state index contributed by atoms with van der Waals surface area (Å²) in [4.78, 5) is 12.9. The van der Waals surface area contributed by atoms with Crippen molar-refractivity contribution in [3.05, 3.63) is 64.8 Å². The van der Waals surface area contributed by atoms with Gasteiger partial charge in [-0.2, -0.15) is 9.78 Å². The molecule has 0 saturated heterocycles. The zero-order valence-corrected chi connectivity index (χ0v) is 17.5. The number of carbonyl (C=O) groups excluding carboxylic acids is 1. The van der Waals surface area contributed by atoms with Gasteiger partial charge in [-0.1, -0.05) is 41.1 Å². The first-order chi connectivity index (χ1) is 15.6. The van der Waals surface area contributed by atoms with Crippen LogP contribution in [0, 0.1) is 0 Å². The molecule has 0 spiro atoms. The van der Waals surface area contributed by atoms with E-state index in [-0.39, 0.29) is 17.3 Å². The number of nitrogens with one attached hydrogen (secondary N) is 1. The third-order valence-corrected chi connectivity index (χ3v) is 4.50. The molecule has 32 heavy (non-hydrogen) atoms. The molecule has 2 aromatic carbocycles. The highest BCUT2D eigenvalue weighted by Crippen LogP contribution is 2.29. The first kappa shape index (κ1) is 21.0. The van der Waals surface area contributed by atoms with Gasteiger partial charge in [0.25, 0.3) is 5.91 Å². The second kappa shape index (κ2) is 9.27. The second-order valence-corrected chi connectivity index (χ2v) is 6.82. The van der Waals surface area contributed by atoms with Gasteiger partial charge < -0.3 is 10.5 Å². The summed E-state index contributed by atoms with van der Waals surface area (Å²) in [5.41, 5.74) is 9.92. The maximum Gasteiger partial charge on any atom is 0.294 e. The van der Waals surface area contributed by atoms with Crippen LogP contribution in [0.5, 0.6) is 5.75 Å². The topological polar surface area (TPSA) is 146 Å². The van der Waals surface area contributed by atoms with Crippen molar-refractivity contribution in [3.8, 4) is 22.8 Å². The highest BCUT2D eigenvalue weighted by Gasteiger charge is 2.25. The van der Waals surface area contributed by atoms with Crippen molar-refractivity contribution >= 4 is 29.5 Å². The molecule has 0 aliphatic carbocycles. The first-order valence-corrected chi connectivity index (χ1v) is 9.81. The van der Waals surface area contributed by atoms with Crippen molar-refractivity contribution in [2.45, 2.75) is 6.92 Å². The molecule has 0 atom stereocenters. The van der Waals surface area contributed by atoms with Gasteiger partial charge >= 0.3 is 0 Å². The van der Waals surface area contributed by atoms with Crippen molar-refractivity contribution in [1.29, 1.82) is 0 Å². The predicted octanol–water partition coefficient (Wildman–Crippen LogP) is 2.72. The number of hydrogen-bond donors (Lipinski definition) is 2. The minimum Gasteiger partial charge on any atom is -0.494 e. The predicted molar refractivity (Wildman–Crippen MR) is 117 cm³/mol. The monoisotopic (exact) mass is 452 g/mol. The maximum absolute atomic E-state index is 12.9. The number of carbonyl (C=O) groups is 1. The molecular formula is C20H17ClN8O3. The minimum absolute atomic E-state index is 0.00527. The van der Waals surface area contributed by atoms with E-state index in [1.807, 2.05) is 6.92 Å². The Kier molecular flexibility index (Phi) is 6.08. The number of amides is 1. The van der Waals surface area contributed by atoms with Crippen LogP contribution in [0.3, 0.4) is 0 Å². The lowest BCUT2D eigenvalue weighted by molar-refractivity contribution is 0.0950. The second-order valence-electron chi connectivity index (χ2n) is 6.38. The number of hydrazone groups is 1. The Balaban J connectivity index is 1.69. The Morgan fingerprint density at radius 2 is 2.09 bits per heavy atom. The van der Waals surface area contributed by atoms with Gasteiger partial charge in [0.2, 0.25) is 11.6 Å². The molecule has 0 saturated carbocycles. The van der Waals surface area contributed by atoms with Crippen LogP contribution in [0.1, 0.15) is 23.0 Å². The fourth-order valence-corrected chi connectivity index (χ4v) is 2.97. The number of anilines is 1. The van der Waals surface area contributed by atoms with E-state index in [9.17, 15) is 4.79 Å². The summed E-state index contributed by atoms with van der Waals surface area (Å²) in [6, 6.07) is 14.1. The molecule has 0 unspecified atom stereocenters. The summed E-state index contributed by atoms with van der Waals surface area (Å²) in [7, 11) is 0. The SMILES string of the molecule is CCOc1cccc(-c2c(C(=O)N/N=C/c3ccc(Cl)cc3)nnn2-c2nonc2N)c1. The molecule has 1 amide bonds. The molecule has 4 aromatic rings. The highest BCUT2D eigenvalue weighted by molar-refractivity contribution is 6.30. The van der Waals surface area contributed by atoms with Crippen LogP contribution in [0.25, 0.3) is 17.1 Å². The number of hydrogen-bond acceptors (Lipinski definition) is 9. The molecular weight excluding hydrogens is 436 g/mol. The molecule has 0 fully saturated rings. The van der Waals surface area contributed by atoms with Crippen LogP contribution in [-0.4, -0.2) is 44.0 Å². The van der Waals surface area contributed by atoms with Gasteiger partial charge in [-0.3, -0.25) is 4.79 Å². The smallest absolute Gasteiger partial charge is 0.294 e. The van der Waals surface area contributed by atoms with E-state index in [0.717, 1.165) is 5.56 Å². The fraction of sp³-hybridized carbons (Fsp3) is 0.100. The summed E-state index contributed by atoms with van der Waals surface area (Å²) < 4.78 is 11.5. The lowest BCUT2D eigenvalue weighted by Gasteiger charge is -2.08. The van der Waals surface area contributed by atoms with Gasteiger partial charge in [0.15, 0.2) is 5.69 Å². The number of aromatic nitrogens is 5. The van der Waals surface area contributed by atoms with E-state index in [1.54, 1.807) is 48.5 Å². The molecule has 4 rings (SSSR count). The van der Waals surface area contributed by atoms with E-state index in [2.05, 4.69) is 35.8 Å². The van der Waals surface area contributed by atoms with Crippen molar-refractivity contribution in [2.75, 3.05) is 12.3 Å². The van der Waals surface area contributed by atoms with E-state index in [4.69, 9.17) is 22.1 Å². The number of rotatable bonds is 7. The van der Waals surface area contributed by atoms with Gasteiger partial charge in [0.1, 0.15) is 11.4 Å². The lowest BCUT2D eigenvalue weighted by atomic mass is 10.1. The zero-order chi connectivity index (χ0) is 22.5. The number of nitrogens with two attached hydrogens (primary N) is 1. The molecule has 0 aliphatic rings. The van der Waals surface area contributed by atoms with Gasteiger partial charge in [-0.05, 0) is 47.1 Å². The quantitative estimate of drug-likeness (QED) is 0.321. The van der Waals surface area contributed by atoms with E-state index < -0.39 is 5.91 Å². The lowest BCUT2D eigenvalue weighted by Crippen LogP contribution is -2.19. The molecule has 2 heterocycles. The Bertz CT molecular complexity index is 1270. The van der Waals surface area contributed by atoms with Crippen LogP contribution in [-0.2, 0) is 0 Å².